The highest BCUT2D eigenvalue weighted by Gasteiger charge is 2.61. The third-order valence-electron chi connectivity index (χ3n) is 6.06. The fourth-order valence-electron chi connectivity index (χ4n) is 4.25. The lowest BCUT2D eigenvalue weighted by Crippen LogP contribution is -2.63. The molecule has 0 aromatic rings. The fraction of sp³-hybridized carbons (Fsp3) is 0.741. The summed E-state index contributed by atoms with van der Waals surface area (Å²) in [5.41, 5.74) is -1.80. The van der Waals surface area contributed by atoms with Crippen LogP contribution >= 0.6 is 0 Å². The van der Waals surface area contributed by atoms with Crippen LogP contribution in [0.1, 0.15) is 105 Å². The number of hydrogen-bond donors (Lipinski definition) is 1. The molecule has 1 fully saturated rings. The summed E-state index contributed by atoms with van der Waals surface area (Å²) in [5, 5.41) is 2.48. The average molecular weight is 510 g/mol. The molecule has 0 unspecified atom stereocenters. The topological polar surface area (TPSA) is 125 Å². The summed E-state index contributed by atoms with van der Waals surface area (Å²) in [5.74, 6) is -2.30. The maximum absolute atomic E-state index is 12.7. The maximum Gasteiger partial charge on any atom is 0.340 e. The standard InChI is InChI=1S/C27H43NO8/c1-5-6-7-13-16-23(32)17-14-11-9-8-10-12-15-18-24-25(35-22(4)31)27(26(33)36-24,28-20(2)29)19-34-21(3)30/h12,15,24-25H,5-11,13-14,16-19H2,1-4H3,(H,28,29)/b15-12-/t24-,25+,27+/m1/s1. The van der Waals surface area contributed by atoms with E-state index in [1.54, 1.807) is 0 Å². The molecule has 0 aliphatic carbocycles. The van der Waals surface area contributed by atoms with Gasteiger partial charge in [-0.1, -0.05) is 51.2 Å². The summed E-state index contributed by atoms with van der Waals surface area (Å²) >= 11 is 0. The van der Waals surface area contributed by atoms with Gasteiger partial charge < -0.3 is 19.5 Å². The molecule has 0 aromatic heterocycles. The Kier molecular flexibility index (Phi) is 14.7. The van der Waals surface area contributed by atoms with Crippen molar-refractivity contribution < 1.29 is 38.2 Å². The van der Waals surface area contributed by atoms with Gasteiger partial charge in [-0.3, -0.25) is 19.2 Å². The summed E-state index contributed by atoms with van der Waals surface area (Å²) in [4.78, 5) is 59.5. The van der Waals surface area contributed by atoms with Gasteiger partial charge in [0, 0.05) is 40.0 Å². The van der Waals surface area contributed by atoms with Crippen LogP contribution in [0, 0.1) is 0 Å². The highest BCUT2D eigenvalue weighted by Crippen LogP contribution is 2.32. The van der Waals surface area contributed by atoms with Crippen LogP contribution < -0.4 is 5.32 Å². The lowest BCUT2D eigenvalue weighted by Gasteiger charge is -2.31. The molecule has 9 nitrogen and oxygen atoms in total. The van der Waals surface area contributed by atoms with Crippen molar-refractivity contribution in [3.8, 4) is 0 Å². The van der Waals surface area contributed by atoms with E-state index < -0.39 is 48.2 Å². The molecule has 0 spiro atoms. The molecule has 9 heteroatoms. The van der Waals surface area contributed by atoms with Crippen LogP contribution in [0.3, 0.4) is 0 Å². The van der Waals surface area contributed by atoms with Gasteiger partial charge in [-0.25, -0.2) is 4.79 Å². The highest BCUT2D eigenvalue weighted by atomic mass is 16.6. The Labute approximate surface area is 214 Å². The molecule has 0 aromatic carbocycles. The number of Topliss-reactive ketones (excluding diaryl/α,β-unsaturated/α-hetero) is 1. The molecular formula is C27H43NO8. The van der Waals surface area contributed by atoms with Crippen LogP contribution in [0.15, 0.2) is 12.2 Å². The normalized spacial score (nSPS) is 21.3. The minimum Gasteiger partial charge on any atom is -0.463 e. The highest BCUT2D eigenvalue weighted by molar-refractivity contribution is 5.91. The summed E-state index contributed by atoms with van der Waals surface area (Å²) in [6.45, 7) is 5.24. The minimum absolute atomic E-state index is 0.275. The zero-order chi connectivity index (χ0) is 27.0. The molecule has 3 atom stereocenters. The molecule has 1 saturated heterocycles. The van der Waals surface area contributed by atoms with Crippen molar-refractivity contribution in [2.45, 2.75) is 122 Å². The Balaban J connectivity index is 2.51. The third-order valence-corrected chi connectivity index (χ3v) is 6.06. The van der Waals surface area contributed by atoms with E-state index in [2.05, 4.69) is 12.2 Å². The Morgan fingerprint density at radius 1 is 0.917 bits per heavy atom. The molecule has 0 radical (unpaired) electrons. The Morgan fingerprint density at radius 2 is 1.56 bits per heavy atom. The predicted molar refractivity (Wildman–Crippen MR) is 134 cm³/mol. The Bertz CT molecular complexity index is 778. The van der Waals surface area contributed by atoms with Crippen LogP contribution in [-0.4, -0.2) is 54.0 Å². The Hall–Kier alpha value is -2.71. The molecule has 1 aliphatic heterocycles. The van der Waals surface area contributed by atoms with Gasteiger partial charge in [-0.15, -0.1) is 0 Å². The van der Waals surface area contributed by atoms with Crippen molar-refractivity contribution in [3.05, 3.63) is 12.2 Å². The number of esters is 3. The van der Waals surface area contributed by atoms with Crippen molar-refractivity contribution in [1.82, 2.24) is 5.32 Å². The number of allylic oxidation sites excluding steroid dienone is 1. The van der Waals surface area contributed by atoms with Gasteiger partial charge in [0.15, 0.2) is 6.10 Å². The predicted octanol–water partition coefficient (Wildman–Crippen LogP) is 4.11. The Morgan fingerprint density at radius 3 is 2.14 bits per heavy atom. The number of unbranched alkanes of at least 4 members (excludes halogenated alkanes) is 7. The molecule has 1 amide bonds. The molecular weight excluding hydrogens is 466 g/mol. The van der Waals surface area contributed by atoms with E-state index in [4.69, 9.17) is 14.2 Å². The number of rotatable bonds is 18. The SMILES string of the molecule is CCCCCCC(=O)CCCCCC/C=C\C[C@H]1OC(=O)[C@@](COC(C)=O)(NC(C)=O)[C@H]1OC(C)=O. The lowest BCUT2D eigenvalue weighted by molar-refractivity contribution is -0.159. The first-order valence-corrected chi connectivity index (χ1v) is 13.1. The molecule has 1 heterocycles. The summed E-state index contributed by atoms with van der Waals surface area (Å²) < 4.78 is 15.8. The number of carbonyl (C=O) groups excluding carboxylic acids is 5. The zero-order valence-electron chi connectivity index (χ0n) is 22.3. The first-order chi connectivity index (χ1) is 17.1. The first kappa shape index (κ1) is 31.3. The van der Waals surface area contributed by atoms with Gasteiger partial charge in [0.1, 0.15) is 18.5 Å². The number of amides is 1. The van der Waals surface area contributed by atoms with Crippen molar-refractivity contribution in [2.75, 3.05) is 6.61 Å². The van der Waals surface area contributed by atoms with Gasteiger partial charge in [0.25, 0.3) is 0 Å². The van der Waals surface area contributed by atoms with E-state index in [0.29, 0.717) is 18.6 Å². The number of ether oxygens (including phenoxy) is 3. The summed E-state index contributed by atoms with van der Waals surface area (Å²) in [7, 11) is 0. The van der Waals surface area contributed by atoms with Crippen molar-refractivity contribution in [2.24, 2.45) is 0 Å². The van der Waals surface area contributed by atoms with E-state index in [9.17, 15) is 24.0 Å². The van der Waals surface area contributed by atoms with E-state index >= 15 is 0 Å². The third kappa shape index (κ3) is 11.4. The summed E-state index contributed by atoms with van der Waals surface area (Å²) in [6, 6.07) is 0. The van der Waals surface area contributed by atoms with Gasteiger partial charge in [-0.05, 0) is 25.7 Å². The fourth-order valence-corrected chi connectivity index (χ4v) is 4.25. The average Bonchev–Trinajstić information content (AvgIpc) is 3.04. The molecule has 204 valence electrons. The minimum atomic E-state index is -1.80. The van der Waals surface area contributed by atoms with E-state index in [0.717, 1.165) is 44.9 Å². The number of nitrogens with one attached hydrogen (secondary N) is 1. The van der Waals surface area contributed by atoms with Gasteiger partial charge in [0.2, 0.25) is 11.4 Å². The summed E-state index contributed by atoms with van der Waals surface area (Å²) in [6.07, 6.45) is 12.8. The molecule has 1 rings (SSSR count). The van der Waals surface area contributed by atoms with Crippen molar-refractivity contribution >= 4 is 29.6 Å². The number of hydrogen-bond acceptors (Lipinski definition) is 8. The van der Waals surface area contributed by atoms with Crippen molar-refractivity contribution in [3.63, 3.8) is 0 Å². The molecule has 0 bridgehead atoms. The van der Waals surface area contributed by atoms with Crippen molar-refractivity contribution in [1.29, 1.82) is 0 Å². The molecule has 1 N–H and O–H groups in total. The second-order valence-corrected chi connectivity index (χ2v) is 9.42. The van der Waals surface area contributed by atoms with Gasteiger partial charge in [0.05, 0.1) is 0 Å². The number of cyclic esters (lactones) is 1. The van der Waals surface area contributed by atoms with E-state index in [1.165, 1.54) is 33.6 Å². The van der Waals surface area contributed by atoms with Crippen LogP contribution in [0.4, 0.5) is 0 Å². The maximum atomic E-state index is 12.7. The molecule has 36 heavy (non-hydrogen) atoms. The number of ketones is 1. The van der Waals surface area contributed by atoms with Gasteiger partial charge in [-0.2, -0.15) is 0 Å². The van der Waals surface area contributed by atoms with Gasteiger partial charge >= 0.3 is 17.9 Å². The number of carbonyl (C=O) groups is 5. The second kappa shape index (κ2) is 16.9. The van der Waals surface area contributed by atoms with E-state index in [-0.39, 0.29) is 6.42 Å². The van der Waals surface area contributed by atoms with Crippen LogP contribution in [0.2, 0.25) is 0 Å². The zero-order valence-corrected chi connectivity index (χ0v) is 22.3. The largest absolute Gasteiger partial charge is 0.463 e. The van der Waals surface area contributed by atoms with Crippen LogP contribution in [0.25, 0.3) is 0 Å². The van der Waals surface area contributed by atoms with Crippen LogP contribution in [-0.2, 0) is 38.2 Å². The first-order valence-electron chi connectivity index (χ1n) is 13.1. The lowest BCUT2D eigenvalue weighted by atomic mass is 9.90. The van der Waals surface area contributed by atoms with Crippen LogP contribution in [0.5, 0.6) is 0 Å². The quantitative estimate of drug-likeness (QED) is 0.127. The molecule has 0 saturated carbocycles. The molecule has 1 aliphatic rings. The smallest absolute Gasteiger partial charge is 0.340 e. The second-order valence-electron chi connectivity index (χ2n) is 9.42. The van der Waals surface area contributed by atoms with E-state index in [1.807, 2.05) is 12.2 Å². The monoisotopic (exact) mass is 509 g/mol.